The molecule has 0 bridgehead atoms. The zero-order valence-corrected chi connectivity index (χ0v) is 12.4. The molecule has 1 aromatic carbocycles. The van der Waals surface area contributed by atoms with Crippen molar-refractivity contribution in [2.24, 2.45) is 0 Å². The summed E-state index contributed by atoms with van der Waals surface area (Å²) in [5.74, 6) is 1.60. The number of benzene rings is 1. The molecule has 22 heavy (non-hydrogen) atoms. The Bertz CT molecular complexity index is 718. The van der Waals surface area contributed by atoms with Crippen LogP contribution in [0.15, 0.2) is 53.1 Å². The van der Waals surface area contributed by atoms with Crippen LogP contribution in [0.2, 0.25) is 5.28 Å². The third-order valence-electron chi connectivity index (χ3n) is 2.90. The summed E-state index contributed by atoms with van der Waals surface area (Å²) >= 11 is 5.93. The number of anilines is 2. The van der Waals surface area contributed by atoms with Crippen molar-refractivity contribution < 1.29 is 4.42 Å². The van der Waals surface area contributed by atoms with Gasteiger partial charge in [-0.25, -0.2) is 0 Å². The summed E-state index contributed by atoms with van der Waals surface area (Å²) in [6.45, 7) is 1.09. The molecule has 0 radical (unpaired) electrons. The maximum atomic E-state index is 5.93. The van der Waals surface area contributed by atoms with Crippen LogP contribution in [0.1, 0.15) is 11.3 Å². The Kier molecular flexibility index (Phi) is 4.50. The van der Waals surface area contributed by atoms with Crippen LogP contribution in [0.3, 0.4) is 0 Å². The van der Waals surface area contributed by atoms with E-state index in [0.29, 0.717) is 25.0 Å². The summed E-state index contributed by atoms with van der Waals surface area (Å²) in [7, 11) is 0. The van der Waals surface area contributed by atoms with Crippen molar-refractivity contribution in [3.8, 4) is 0 Å². The van der Waals surface area contributed by atoms with Gasteiger partial charge in [0.15, 0.2) is 0 Å². The van der Waals surface area contributed by atoms with Gasteiger partial charge in [-0.15, -0.1) is 0 Å². The van der Waals surface area contributed by atoms with Crippen LogP contribution in [-0.4, -0.2) is 15.0 Å². The van der Waals surface area contributed by atoms with Gasteiger partial charge in [0, 0.05) is 6.54 Å². The highest BCUT2D eigenvalue weighted by molar-refractivity contribution is 6.28. The SMILES string of the molecule is Clc1nc(NCc2ccccc2)nc(NCc2ccco2)n1. The predicted molar refractivity (Wildman–Crippen MR) is 84.6 cm³/mol. The summed E-state index contributed by atoms with van der Waals surface area (Å²) < 4.78 is 5.24. The number of rotatable bonds is 6. The number of hydrogen-bond acceptors (Lipinski definition) is 6. The van der Waals surface area contributed by atoms with Crippen LogP contribution in [0, 0.1) is 0 Å². The Hall–Kier alpha value is -2.60. The Morgan fingerprint density at radius 2 is 1.59 bits per heavy atom. The molecule has 7 heteroatoms. The second-order valence-electron chi connectivity index (χ2n) is 4.52. The zero-order valence-electron chi connectivity index (χ0n) is 11.7. The lowest BCUT2D eigenvalue weighted by molar-refractivity contribution is 0.517. The second kappa shape index (κ2) is 6.91. The van der Waals surface area contributed by atoms with Crippen LogP contribution >= 0.6 is 11.6 Å². The lowest BCUT2D eigenvalue weighted by atomic mass is 10.2. The predicted octanol–water partition coefficient (Wildman–Crippen LogP) is 3.34. The zero-order chi connectivity index (χ0) is 15.2. The molecular formula is C15H14ClN5O. The van der Waals surface area contributed by atoms with E-state index in [-0.39, 0.29) is 5.28 Å². The standard InChI is InChI=1S/C15H14ClN5O/c16-13-19-14(17-9-11-5-2-1-3-6-11)21-15(20-13)18-10-12-7-4-8-22-12/h1-8H,9-10H2,(H2,17,18,19,20,21). The third kappa shape index (κ3) is 3.95. The first-order valence-corrected chi connectivity index (χ1v) is 7.13. The van der Waals surface area contributed by atoms with Gasteiger partial charge in [-0.1, -0.05) is 30.3 Å². The minimum atomic E-state index is 0.132. The second-order valence-corrected chi connectivity index (χ2v) is 4.86. The first-order valence-electron chi connectivity index (χ1n) is 6.75. The molecule has 0 aliphatic heterocycles. The molecular weight excluding hydrogens is 302 g/mol. The highest BCUT2D eigenvalue weighted by Gasteiger charge is 2.05. The molecule has 0 unspecified atom stereocenters. The molecule has 2 N–H and O–H groups in total. The molecule has 3 rings (SSSR count). The largest absolute Gasteiger partial charge is 0.467 e. The number of aromatic nitrogens is 3. The maximum Gasteiger partial charge on any atom is 0.229 e. The highest BCUT2D eigenvalue weighted by atomic mass is 35.5. The van der Waals surface area contributed by atoms with Gasteiger partial charge in [0.05, 0.1) is 12.8 Å². The van der Waals surface area contributed by atoms with Crippen molar-refractivity contribution >= 4 is 23.5 Å². The Labute approximate surface area is 132 Å². The molecule has 0 spiro atoms. The smallest absolute Gasteiger partial charge is 0.229 e. The highest BCUT2D eigenvalue weighted by Crippen LogP contribution is 2.12. The van der Waals surface area contributed by atoms with Crippen LogP contribution in [0.4, 0.5) is 11.9 Å². The fourth-order valence-corrected chi connectivity index (χ4v) is 2.02. The van der Waals surface area contributed by atoms with E-state index in [9.17, 15) is 0 Å². The molecule has 0 saturated carbocycles. The lowest BCUT2D eigenvalue weighted by Gasteiger charge is -2.07. The topological polar surface area (TPSA) is 75.9 Å². The molecule has 0 fully saturated rings. The number of halogens is 1. The molecule has 0 atom stereocenters. The van der Waals surface area contributed by atoms with Crippen LogP contribution in [0.5, 0.6) is 0 Å². The van der Waals surface area contributed by atoms with Crippen molar-refractivity contribution in [1.82, 2.24) is 15.0 Å². The van der Waals surface area contributed by atoms with Gasteiger partial charge < -0.3 is 15.1 Å². The first-order chi connectivity index (χ1) is 10.8. The Morgan fingerprint density at radius 1 is 0.864 bits per heavy atom. The summed E-state index contributed by atoms with van der Waals surface area (Å²) in [6.07, 6.45) is 1.62. The van der Waals surface area contributed by atoms with E-state index in [4.69, 9.17) is 16.0 Å². The van der Waals surface area contributed by atoms with Crippen molar-refractivity contribution in [2.75, 3.05) is 10.6 Å². The maximum absolute atomic E-state index is 5.93. The minimum Gasteiger partial charge on any atom is -0.467 e. The average Bonchev–Trinajstić information content (AvgIpc) is 3.05. The van der Waals surface area contributed by atoms with Crippen LogP contribution < -0.4 is 10.6 Å². The molecule has 2 aromatic heterocycles. The summed E-state index contributed by atoms with van der Waals surface area (Å²) in [6, 6.07) is 13.7. The van der Waals surface area contributed by atoms with Gasteiger partial charge >= 0.3 is 0 Å². The molecule has 3 aromatic rings. The quantitative estimate of drug-likeness (QED) is 0.726. The molecule has 0 aliphatic rings. The fraction of sp³-hybridized carbons (Fsp3) is 0.133. The molecule has 0 saturated heterocycles. The van der Waals surface area contributed by atoms with E-state index in [1.54, 1.807) is 6.26 Å². The Balaban J connectivity index is 1.64. The number of hydrogen-bond donors (Lipinski definition) is 2. The number of nitrogens with one attached hydrogen (secondary N) is 2. The Morgan fingerprint density at radius 3 is 2.27 bits per heavy atom. The summed E-state index contributed by atoms with van der Waals surface area (Å²) in [5.41, 5.74) is 1.13. The van der Waals surface area contributed by atoms with Crippen molar-refractivity contribution in [1.29, 1.82) is 0 Å². The summed E-state index contributed by atoms with van der Waals surface area (Å²) in [4.78, 5) is 12.4. The van der Waals surface area contributed by atoms with Gasteiger partial charge in [-0.3, -0.25) is 0 Å². The van der Waals surface area contributed by atoms with Gasteiger partial charge in [-0.05, 0) is 29.3 Å². The van der Waals surface area contributed by atoms with E-state index in [2.05, 4.69) is 25.6 Å². The van der Waals surface area contributed by atoms with E-state index in [0.717, 1.165) is 11.3 Å². The van der Waals surface area contributed by atoms with Gasteiger partial charge in [-0.2, -0.15) is 15.0 Å². The molecule has 2 heterocycles. The van der Waals surface area contributed by atoms with Crippen molar-refractivity contribution in [3.63, 3.8) is 0 Å². The molecule has 0 amide bonds. The van der Waals surface area contributed by atoms with Crippen molar-refractivity contribution in [2.45, 2.75) is 13.1 Å². The molecule has 112 valence electrons. The van der Waals surface area contributed by atoms with Crippen LogP contribution in [-0.2, 0) is 13.1 Å². The molecule has 0 aliphatic carbocycles. The first kappa shape index (κ1) is 14.3. The fourth-order valence-electron chi connectivity index (χ4n) is 1.86. The van der Waals surface area contributed by atoms with E-state index >= 15 is 0 Å². The number of nitrogens with zero attached hydrogens (tertiary/aromatic N) is 3. The van der Waals surface area contributed by atoms with Gasteiger partial charge in [0.1, 0.15) is 5.76 Å². The monoisotopic (exact) mass is 315 g/mol. The van der Waals surface area contributed by atoms with Gasteiger partial charge in [0.2, 0.25) is 17.2 Å². The number of furan rings is 1. The molecule has 6 nitrogen and oxygen atoms in total. The van der Waals surface area contributed by atoms with E-state index in [1.165, 1.54) is 0 Å². The third-order valence-corrected chi connectivity index (χ3v) is 3.07. The minimum absolute atomic E-state index is 0.132. The van der Waals surface area contributed by atoms with Gasteiger partial charge in [0.25, 0.3) is 0 Å². The van der Waals surface area contributed by atoms with Crippen molar-refractivity contribution in [3.05, 3.63) is 65.3 Å². The van der Waals surface area contributed by atoms with Crippen LogP contribution in [0.25, 0.3) is 0 Å². The lowest BCUT2D eigenvalue weighted by Crippen LogP contribution is -2.09. The summed E-state index contributed by atoms with van der Waals surface area (Å²) in [5, 5.41) is 6.30. The normalized spacial score (nSPS) is 10.4. The average molecular weight is 316 g/mol. The van der Waals surface area contributed by atoms with E-state index < -0.39 is 0 Å². The van der Waals surface area contributed by atoms with E-state index in [1.807, 2.05) is 42.5 Å².